The second kappa shape index (κ2) is 3.42. The van der Waals surface area contributed by atoms with Gasteiger partial charge in [0.05, 0.1) is 0 Å². The van der Waals surface area contributed by atoms with Crippen molar-refractivity contribution in [3.8, 4) is 0 Å². The Morgan fingerprint density at radius 1 is 1.50 bits per heavy atom. The maximum Gasteiger partial charge on any atom is 0.321 e. The highest BCUT2D eigenvalue weighted by atomic mass is 16.4. The van der Waals surface area contributed by atoms with Crippen LogP contribution in [-0.4, -0.2) is 17.1 Å². The zero-order valence-corrected chi connectivity index (χ0v) is 8.03. The van der Waals surface area contributed by atoms with E-state index in [1.807, 2.05) is 31.2 Å². The van der Waals surface area contributed by atoms with Gasteiger partial charge in [-0.15, -0.1) is 0 Å². The molecule has 0 bridgehead atoms. The minimum Gasteiger partial charge on any atom is -0.480 e. The van der Waals surface area contributed by atoms with Crippen LogP contribution in [0, 0.1) is 0 Å². The van der Waals surface area contributed by atoms with E-state index in [4.69, 9.17) is 5.11 Å². The summed E-state index contributed by atoms with van der Waals surface area (Å²) in [6, 6.07) is 7.53. The van der Waals surface area contributed by atoms with Crippen LogP contribution in [0.25, 0.3) is 0 Å². The van der Waals surface area contributed by atoms with E-state index < -0.39 is 12.0 Å². The first kappa shape index (κ1) is 9.21. The van der Waals surface area contributed by atoms with Crippen molar-refractivity contribution in [1.29, 1.82) is 0 Å². The van der Waals surface area contributed by atoms with E-state index in [-0.39, 0.29) is 5.92 Å². The summed E-state index contributed by atoms with van der Waals surface area (Å²) in [7, 11) is 0. The molecule has 2 atom stereocenters. The number of hydrogen-bond acceptors (Lipinski definition) is 2. The van der Waals surface area contributed by atoms with E-state index in [1.165, 1.54) is 5.56 Å². The molecule has 0 fully saturated rings. The second-order valence-corrected chi connectivity index (χ2v) is 3.68. The third-order valence-electron chi connectivity index (χ3n) is 2.82. The van der Waals surface area contributed by atoms with Gasteiger partial charge in [0.1, 0.15) is 6.04 Å². The van der Waals surface area contributed by atoms with Crippen LogP contribution in [0.15, 0.2) is 24.3 Å². The lowest BCUT2D eigenvalue weighted by molar-refractivity contribution is -0.140. The number of rotatable bonds is 1. The minimum absolute atomic E-state index is 0.0393. The molecule has 0 unspecified atom stereocenters. The van der Waals surface area contributed by atoms with Gasteiger partial charge in [0.2, 0.25) is 0 Å². The zero-order chi connectivity index (χ0) is 10.1. The molecule has 3 heteroatoms. The Kier molecular flexibility index (Phi) is 2.25. The van der Waals surface area contributed by atoms with E-state index in [9.17, 15) is 4.79 Å². The highest BCUT2D eigenvalue weighted by Crippen LogP contribution is 2.27. The van der Waals surface area contributed by atoms with Crippen LogP contribution in [0.4, 0.5) is 0 Å². The molecule has 74 valence electrons. The average molecular weight is 191 g/mol. The van der Waals surface area contributed by atoms with Crippen LogP contribution < -0.4 is 5.32 Å². The molecule has 2 N–H and O–H groups in total. The van der Waals surface area contributed by atoms with Gasteiger partial charge in [-0.05, 0) is 11.1 Å². The van der Waals surface area contributed by atoms with Crippen LogP contribution in [0.2, 0.25) is 0 Å². The van der Waals surface area contributed by atoms with E-state index in [2.05, 4.69) is 5.32 Å². The predicted molar refractivity (Wildman–Crippen MR) is 53.1 cm³/mol. The number of carboxylic acid groups (broad SMARTS) is 1. The lowest BCUT2D eigenvalue weighted by Gasteiger charge is -2.29. The van der Waals surface area contributed by atoms with Gasteiger partial charge in [0.15, 0.2) is 0 Å². The average Bonchev–Trinajstić information content (AvgIpc) is 2.18. The summed E-state index contributed by atoms with van der Waals surface area (Å²) in [5.41, 5.74) is 2.36. The van der Waals surface area contributed by atoms with Gasteiger partial charge in [-0.2, -0.15) is 0 Å². The zero-order valence-electron chi connectivity index (χ0n) is 8.03. The van der Waals surface area contributed by atoms with Gasteiger partial charge in [0.25, 0.3) is 0 Å². The van der Waals surface area contributed by atoms with E-state index >= 15 is 0 Å². The van der Waals surface area contributed by atoms with Crippen molar-refractivity contribution in [2.45, 2.75) is 25.4 Å². The van der Waals surface area contributed by atoms with Gasteiger partial charge in [-0.3, -0.25) is 10.1 Å². The molecular formula is C11H13NO2. The number of fused-ring (bicyclic) bond motifs is 1. The maximum absolute atomic E-state index is 10.9. The van der Waals surface area contributed by atoms with Gasteiger partial charge < -0.3 is 5.11 Å². The summed E-state index contributed by atoms with van der Waals surface area (Å²) in [6.45, 7) is 2.60. The number of hydrogen-bond donors (Lipinski definition) is 2. The number of aliphatic carboxylic acids is 1. The largest absolute Gasteiger partial charge is 0.480 e. The summed E-state index contributed by atoms with van der Waals surface area (Å²) in [5.74, 6) is -0.732. The lowest BCUT2D eigenvalue weighted by Crippen LogP contribution is -2.43. The van der Waals surface area contributed by atoms with Crippen molar-refractivity contribution in [3.05, 3.63) is 35.4 Å². The lowest BCUT2D eigenvalue weighted by atomic mass is 9.86. The van der Waals surface area contributed by atoms with Crippen molar-refractivity contribution in [2.24, 2.45) is 0 Å². The second-order valence-electron chi connectivity index (χ2n) is 3.68. The van der Waals surface area contributed by atoms with E-state index in [0.29, 0.717) is 6.54 Å². The first-order valence-electron chi connectivity index (χ1n) is 4.74. The molecule has 0 radical (unpaired) electrons. The number of nitrogens with one attached hydrogen (secondary N) is 1. The van der Waals surface area contributed by atoms with Gasteiger partial charge in [0, 0.05) is 12.5 Å². The van der Waals surface area contributed by atoms with E-state index in [0.717, 1.165) is 5.56 Å². The molecule has 3 nitrogen and oxygen atoms in total. The Balaban J connectivity index is 2.36. The number of benzene rings is 1. The molecule has 1 aliphatic rings. The Hall–Kier alpha value is -1.35. The monoisotopic (exact) mass is 191 g/mol. The quantitative estimate of drug-likeness (QED) is 0.704. The molecule has 0 saturated heterocycles. The van der Waals surface area contributed by atoms with Gasteiger partial charge in [-0.1, -0.05) is 31.2 Å². The van der Waals surface area contributed by atoms with Crippen LogP contribution in [-0.2, 0) is 11.3 Å². The molecule has 0 spiro atoms. The highest BCUT2D eigenvalue weighted by Gasteiger charge is 2.30. The summed E-state index contributed by atoms with van der Waals surface area (Å²) < 4.78 is 0. The molecule has 1 aromatic rings. The summed E-state index contributed by atoms with van der Waals surface area (Å²) in [4.78, 5) is 10.9. The Bertz CT molecular complexity index is 362. The smallest absolute Gasteiger partial charge is 0.321 e. The standard InChI is InChI=1S/C11H13NO2/c1-7-9-5-3-2-4-8(9)6-12-10(7)11(13)14/h2-5,7,10,12H,6H2,1H3,(H,13,14)/t7-,10+/m1/s1. The van der Waals surface area contributed by atoms with Crippen LogP contribution in [0.1, 0.15) is 24.0 Å². The Morgan fingerprint density at radius 2 is 2.21 bits per heavy atom. The minimum atomic E-state index is -0.771. The van der Waals surface area contributed by atoms with E-state index in [1.54, 1.807) is 0 Å². The first-order chi connectivity index (χ1) is 6.70. The Labute approximate surface area is 82.8 Å². The van der Waals surface area contributed by atoms with Crippen LogP contribution in [0.5, 0.6) is 0 Å². The number of carbonyl (C=O) groups is 1. The third-order valence-corrected chi connectivity index (χ3v) is 2.82. The van der Waals surface area contributed by atoms with Crippen molar-refractivity contribution >= 4 is 5.97 Å². The normalized spacial score (nSPS) is 25.5. The van der Waals surface area contributed by atoms with Crippen molar-refractivity contribution in [2.75, 3.05) is 0 Å². The third kappa shape index (κ3) is 1.40. The number of carboxylic acids is 1. The molecule has 1 heterocycles. The predicted octanol–water partition coefficient (Wildman–Crippen LogP) is 1.35. The fourth-order valence-corrected chi connectivity index (χ4v) is 2.02. The molecule has 14 heavy (non-hydrogen) atoms. The fourth-order valence-electron chi connectivity index (χ4n) is 2.02. The molecule has 1 aromatic carbocycles. The van der Waals surface area contributed by atoms with Crippen LogP contribution in [0.3, 0.4) is 0 Å². The molecular weight excluding hydrogens is 178 g/mol. The SMILES string of the molecule is C[C@@H]1c2ccccc2CN[C@@H]1C(=O)O. The van der Waals surface area contributed by atoms with Crippen LogP contribution >= 0.6 is 0 Å². The maximum atomic E-state index is 10.9. The Morgan fingerprint density at radius 3 is 2.93 bits per heavy atom. The first-order valence-corrected chi connectivity index (χ1v) is 4.74. The highest BCUT2D eigenvalue weighted by molar-refractivity contribution is 5.75. The fraction of sp³-hybridized carbons (Fsp3) is 0.364. The van der Waals surface area contributed by atoms with Gasteiger partial charge in [-0.25, -0.2) is 0 Å². The van der Waals surface area contributed by atoms with Crippen molar-refractivity contribution in [3.63, 3.8) is 0 Å². The summed E-state index contributed by atoms with van der Waals surface area (Å²) in [5, 5.41) is 12.0. The molecule has 0 saturated carbocycles. The topological polar surface area (TPSA) is 49.3 Å². The summed E-state index contributed by atoms with van der Waals surface area (Å²) >= 11 is 0. The van der Waals surface area contributed by atoms with Crippen molar-refractivity contribution < 1.29 is 9.90 Å². The molecule has 1 aliphatic heterocycles. The molecule has 0 aromatic heterocycles. The van der Waals surface area contributed by atoms with Gasteiger partial charge >= 0.3 is 5.97 Å². The molecule has 0 aliphatic carbocycles. The summed E-state index contributed by atoms with van der Waals surface area (Å²) in [6.07, 6.45) is 0. The molecule has 2 rings (SSSR count). The molecule has 0 amide bonds. The van der Waals surface area contributed by atoms with Crippen molar-refractivity contribution in [1.82, 2.24) is 5.32 Å².